The van der Waals surface area contributed by atoms with Crippen LogP contribution in [0, 0.1) is 51.8 Å². The monoisotopic (exact) mass is 1300 g/mol. The van der Waals surface area contributed by atoms with Crippen molar-refractivity contribution in [2.45, 2.75) is 165 Å². The van der Waals surface area contributed by atoms with Gasteiger partial charge in [0.15, 0.2) is 11.5 Å². The maximum atomic E-state index is 16.0. The zero-order chi connectivity index (χ0) is 66.6. The molecular formula is C82H88N4O11. The Labute approximate surface area is 567 Å². The lowest BCUT2D eigenvalue weighted by Gasteiger charge is -2.50. The van der Waals surface area contributed by atoms with Crippen LogP contribution in [-0.4, -0.2) is 85.5 Å². The minimum Gasteiger partial charge on any atom is -0.508 e. The van der Waals surface area contributed by atoms with Gasteiger partial charge in [-0.1, -0.05) is 72.1 Å². The molecule has 0 saturated heterocycles. The van der Waals surface area contributed by atoms with Gasteiger partial charge < -0.3 is 59.5 Å². The number of aliphatic hydroxyl groups excluding tert-OH is 2. The number of aromatic amines is 1. The number of hydrogen-bond acceptors (Lipinski definition) is 13. The number of nitrogens with one attached hydrogen (secondary N) is 2. The van der Waals surface area contributed by atoms with Gasteiger partial charge in [0.1, 0.15) is 40.7 Å². The summed E-state index contributed by atoms with van der Waals surface area (Å²) < 4.78 is 21.6. The number of rotatable bonds is 7. The number of dihydropyridines is 1. The molecular weight excluding hydrogens is 1220 g/mol. The van der Waals surface area contributed by atoms with Crippen LogP contribution >= 0.6 is 0 Å². The maximum absolute atomic E-state index is 16.0. The molecule has 7 aliphatic carbocycles. The second kappa shape index (κ2) is 24.7. The summed E-state index contributed by atoms with van der Waals surface area (Å²) in [6, 6.07) is 17.8. The second-order valence-electron chi connectivity index (χ2n) is 30.3. The van der Waals surface area contributed by atoms with Gasteiger partial charge >= 0.3 is 5.97 Å². The predicted octanol–water partition coefficient (Wildman–Crippen LogP) is 14.5. The molecule has 13 unspecified atom stereocenters. The smallest absolute Gasteiger partial charge is 0.302 e. The van der Waals surface area contributed by atoms with Gasteiger partial charge in [0.25, 0.3) is 0 Å². The van der Waals surface area contributed by atoms with E-state index in [9.17, 15) is 35.1 Å². The quantitative estimate of drug-likeness (QED) is 0.0450. The van der Waals surface area contributed by atoms with E-state index in [1.54, 1.807) is 25.1 Å². The molecule has 6 aromatic rings. The van der Waals surface area contributed by atoms with Crippen LogP contribution in [0.4, 0.5) is 5.69 Å². The van der Waals surface area contributed by atoms with Gasteiger partial charge in [-0.25, -0.2) is 0 Å². The van der Waals surface area contributed by atoms with Crippen LogP contribution in [0.2, 0.25) is 0 Å². The number of aromatic nitrogens is 2. The Kier molecular flexibility index (Phi) is 16.0. The number of aliphatic hydroxyl groups is 2. The summed E-state index contributed by atoms with van der Waals surface area (Å²) in [6.45, 7) is 3.83. The number of carbonyl (C=O) groups is 3. The van der Waals surface area contributed by atoms with Crippen molar-refractivity contribution in [1.82, 2.24) is 14.9 Å². The minimum absolute atomic E-state index is 0.0122. The SMILES string of the molecule is COc1cc2cc(O)c1Oc1cc(O)cc3c1CCC(C3)C(CO)CC1CCC3(CCC4(Cc5c6c(ccc7c6cn5C2CC(=O)CC(OC(C)=O)CCC25C6=CC=CC2CC=CC5c2c[nH]cc2C(C#CC6)C(c2cccc(O)c2)C2=CCNC(=C2)N7CCC(C)=O)C4O)C3)C1. The molecule has 13 aliphatic rings. The summed E-state index contributed by atoms with van der Waals surface area (Å²) in [5.74, 6) is 8.12. The molecule has 2 saturated carbocycles. The average molecular weight is 1310 g/mol. The highest BCUT2D eigenvalue weighted by Crippen LogP contribution is 2.67. The minimum atomic E-state index is -0.841. The average Bonchev–Trinajstić information content (AvgIpc) is 1.67. The fourth-order valence-corrected chi connectivity index (χ4v) is 20.6. The number of phenols is 3. The van der Waals surface area contributed by atoms with Gasteiger partial charge in [-0.15, -0.1) is 0 Å². The largest absolute Gasteiger partial charge is 0.508 e. The van der Waals surface area contributed by atoms with Crippen molar-refractivity contribution in [1.29, 1.82) is 0 Å². The fourth-order valence-electron chi connectivity index (χ4n) is 20.6. The van der Waals surface area contributed by atoms with Gasteiger partial charge in [-0.05, 0) is 213 Å². The van der Waals surface area contributed by atoms with E-state index < -0.39 is 46.9 Å². The summed E-state index contributed by atoms with van der Waals surface area (Å²) in [6.07, 6.45) is 31.9. The number of esters is 1. The van der Waals surface area contributed by atoms with Crippen LogP contribution in [0.5, 0.6) is 34.5 Å². The molecule has 2 fully saturated rings. The van der Waals surface area contributed by atoms with Crippen molar-refractivity contribution in [2.75, 3.05) is 31.7 Å². The highest BCUT2D eigenvalue weighted by atomic mass is 16.5. The number of fused-ring (bicyclic) bond motifs is 1. The van der Waals surface area contributed by atoms with Crippen LogP contribution in [-0.2, 0) is 38.4 Å². The summed E-state index contributed by atoms with van der Waals surface area (Å²) in [7, 11) is 1.53. The van der Waals surface area contributed by atoms with Crippen LogP contribution < -0.4 is 19.7 Å². The number of ketones is 2. The van der Waals surface area contributed by atoms with Gasteiger partial charge in [-0.2, -0.15) is 0 Å². The Hall–Kier alpha value is -8.71. The van der Waals surface area contributed by atoms with E-state index in [0.29, 0.717) is 68.8 Å². The molecule has 3 spiro atoms. The third kappa shape index (κ3) is 10.9. The van der Waals surface area contributed by atoms with Gasteiger partial charge in [-0.3, -0.25) is 14.4 Å². The number of H-pyrrole nitrogens is 1. The molecule has 15 nitrogen and oxygen atoms in total. The number of ether oxygens (including phenoxy) is 3. The van der Waals surface area contributed by atoms with E-state index >= 15 is 4.79 Å². The first kappa shape index (κ1) is 63.1. The lowest BCUT2D eigenvalue weighted by atomic mass is 9.53. The lowest BCUT2D eigenvalue weighted by Crippen LogP contribution is -2.41. The first-order valence-corrected chi connectivity index (χ1v) is 35.5. The molecule has 7 N–H and O–H groups in total. The summed E-state index contributed by atoms with van der Waals surface area (Å²) in [5, 5.41) is 65.7. The van der Waals surface area contributed by atoms with Crippen molar-refractivity contribution in [3.63, 3.8) is 0 Å². The Balaban J connectivity index is 0.929. The first-order valence-electron chi connectivity index (χ1n) is 35.5. The van der Waals surface area contributed by atoms with Crippen molar-refractivity contribution in [3.05, 3.63) is 183 Å². The van der Waals surface area contributed by atoms with E-state index in [-0.39, 0.29) is 95.3 Å². The molecule has 13 atom stereocenters. The van der Waals surface area contributed by atoms with Crippen LogP contribution in [0.3, 0.4) is 0 Å². The summed E-state index contributed by atoms with van der Waals surface area (Å²) in [4.78, 5) is 48.8. The standard InChI is InChI=1S/C82H88N4O11/c1-47(88)23-29-85-69-19-18-64-77-67(69)44-86-70(54-34-72(93)78(74(35-54)95-3)97-73-39-59(91)33-53-31-50(16-17-62(53)73)55(45-87)30-49-20-24-80(40-49)26-27-81(46-80,79(64)94)41-71(77)86)38-60(92)37-61(96-48(2)89)21-25-82-56-9-5-10-57(82)12-7-15-68(82)66-43-83-42-65(66)63(14-6-11-56)76(51-8-4-13-58(90)32-51)52-22-28-84-75(85)36-52/h4-5,7-10,13,15,18-19,22,32-36,39,42-44,49-50,55,57,61,63,68,70,76,79,83-84,87,90-91,93-94H,11-12,16-17,20-21,23-31,37-38,40-41,45-46H2,1-3H3. The second-order valence-corrected chi connectivity index (χ2v) is 30.3. The molecule has 8 heterocycles. The Bertz CT molecular complexity index is 4440. The summed E-state index contributed by atoms with van der Waals surface area (Å²) in [5.41, 5.74) is 9.06. The molecule has 16 bridgehead atoms. The Morgan fingerprint density at radius 3 is 2.62 bits per heavy atom. The van der Waals surface area contributed by atoms with Crippen LogP contribution in [0.25, 0.3) is 10.8 Å². The molecule has 97 heavy (non-hydrogen) atoms. The molecule has 15 heteroatoms. The molecule has 6 aliphatic heterocycles. The van der Waals surface area contributed by atoms with E-state index in [1.807, 2.05) is 24.3 Å². The van der Waals surface area contributed by atoms with Crippen LogP contribution in [0.1, 0.15) is 185 Å². The van der Waals surface area contributed by atoms with Gasteiger partial charge in [0.05, 0.1) is 30.9 Å². The maximum Gasteiger partial charge on any atom is 0.302 e. The number of nitrogens with zero attached hydrogens (tertiary/aromatic N) is 2. The lowest BCUT2D eigenvalue weighted by molar-refractivity contribution is -0.148. The molecule has 0 amide bonds. The molecule has 19 rings (SSSR count). The van der Waals surface area contributed by atoms with Gasteiger partial charge in [0.2, 0.25) is 5.75 Å². The number of anilines is 1. The molecule has 502 valence electrons. The molecule has 4 aromatic carbocycles. The topological polar surface area (TPSA) is 216 Å². The van der Waals surface area contributed by atoms with Crippen molar-refractivity contribution >= 4 is 34.0 Å². The normalized spacial score (nSPS) is 30.7. The molecule has 2 aromatic heterocycles. The zero-order valence-corrected chi connectivity index (χ0v) is 55.7. The Morgan fingerprint density at radius 1 is 0.907 bits per heavy atom. The third-order valence-corrected chi connectivity index (χ3v) is 24.9. The van der Waals surface area contributed by atoms with Crippen molar-refractivity contribution < 1.29 is 54.1 Å². The van der Waals surface area contributed by atoms with E-state index in [2.05, 4.69) is 111 Å². The highest BCUT2D eigenvalue weighted by molar-refractivity contribution is 6.00. The number of phenolic OH excluding ortho intramolecular Hbond substituents is 3. The van der Waals surface area contributed by atoms with E-state index in [4.69, 9.17) is 14.2 Å². The number of allylic oxidation sites excluding steroid dienone is 8. The zero-order valence-electron chi connectivity index (χ0n) is 55.7. The Morgan fingerprint density at radius 2 is 1.78 bits per heavy atom. The number of Topliss-reactive ketones (excluding diaryl/α,β-unsaturated/α-hetero) is 2. The third-order valence-electron chi connectivity index (χ3n) is 24.9. The first-order chi connectivity index (χ1) is 47.0. The van der Waals surface area contributed by atoms with E-state index in [1.165, 1.54) is 19.6 Å². The number of methoxy groups -OCH3 is 1. The van der Waals surface area contributed by atoms with Crippen molar-refractivity contribution in [2.24, 2.45) is 39.9 Å². The van der Waals surface area contributed by atoms with Crippen molar-refractivity contribution in [3.8, 4) is 46.3 Å². The fraction of sp³-hybridized carbons (Fsp3) is 0.451. The number of aromatic hydroxyl groups is 3. The van der Waals surface area contributed by atoms with Gasteiger partial charge in [0, 0.05) is 116 Å². The van der Waals surface area contributed by atoms with Crippen LogP contribution in [0.15, 0.2) is 139 Å². The van der Waals surface area contributed by atoms with E-state index in [0.717, 1.165) is 125 Å². The summed E-state index contributed by atoms with van der Waals surface area (Å²) >= 11 is 0. The number of carbonyl (C=O) groups excluding carboxylic acids is 3. The predicted molar refractivity (Wildman–Crippen MR) is 371 cm³/mol. The number of hydrogen-bond donors (Lipinski definition) is 7. The number of benzene rings is 4. The highest BCUT2D eigenvalue weighted by Gasteiger charge is 2.57. The molecule has 0 radical (unpaired) electrons.